The molecule has 0 unspecified atom stereocenters. The Morgan fingerprint density at radius 2 is 1.81 bits per heavy atom. The minimum atomic E-state index is -0.619. The Bertz CT molecular complexity index is 1070. The maximum atomic E-state index is 12.5. The monoisotopic (exact) mass is 449 g/mol. The van der Waals surface area contributed by atoms with Crippen LogP contribution in [0.5, 0.6) is 5.75 Å². The van der Waals surface area contributed by atoms with Crippen molar-refractivity contribution < 1.29 is 14.3 Å². The second kappa shape index (κ2) is 10.3. The first-order valence-corrected chi connectivity index (χ1v) is 11.6. The van der Waals surface area contributed by atoms with E-state index in [0.717, 1.165) is 24.3 Å². The zero-order valence-electron chi connectivity index (χ0n) is 18.0. The third-order valence-electron chi connectivity index (χ3n) is 5.71. The maximum Gasteiger partial charge on any atom is 0.309 e. The normalized spacial score (nSPS) is 13.3. The average Bonchev–Trinajstić information content (AvgIpc) is 3.50. The first-order chi connectivity index (χ1) is 15.7. The first-order valence-electron chi connectivity index (χ1n) is 10.7. The molecule has 0 fully saturated rings. The van der Waals surface area contributed by atoms with Crippen molar-refractivity contribution in [3.05, 3.63) is 82.0 Å². The summed E-state index contributed by atoms with van der Waals surface area (Å²) in [5, 5.41) is 7.59. The quantitative estimate of drug-likeness (QED) is 0.518. The van der Waals surface area contributed by atoms with E-state index in [1.165, 1.54) is 16.1 Å². The summed E-state index contributed by atoms with van der Waals surface area (Å²) in [6.07, 6.45) is 1.57. The van der Waals surface area contributed by atoms with Gasteiger partial charge in [-0.2, -0.15) is 0 Å². The highest BCUT2D eigenvalue weighted by atomic mass is 32.1. The van der Waals surface area contributed by atoms with E-state index < -0.39 is 11.8 Å². The van der Waals surface area contributed by atoms with Crippen LogP contribution in [0.1, 0.15) is 22.0 Å². The number of hydrogen-bond acceptors (Lipinski definition) is 5. The lowest BCUT2D eigenvalue weighted by atomic mass is 10.1. The Hall–Kier alpha value is -3.32. The highest BCUT2D eigenvalue weighted by Gasteiger charge is 2.28. The summed E-state index contributed by atoms with van der Waals surface area (Å²) in [7, 11) is 1.62. The molecule has 0 radical (unpaired) electrons. The minimum Gasteiger partial charge on any atom is -0.496 e. The van der Waals surface area contributed by atoms with E-state index >= 15 is 0 Å². The molecule has 2 amide bonds. The highest BCUT2D eigenvalue weighted by Crippen LogP contribution is 2.36. The van der Waals surface area contributed by atoms with Crippen LogP contribution in [0.25, 0.3) is 0 Å². The molecule has 0 spiro atoms. The van der Waals surface area contributed by atoms with Gasteiger partial charge in [0.25, 0.3) is 0 Å². The van der Waals surface area contributed by atoms with Crippen LogP contribution in [0, 0.1) is 0 Å². The van der Waals surface area contributed by atoms with Crippen molar-refractivity contribution in [2.75, 3.05) is 31.6 Å². The van der Waals surface area contributed by atoms with Gasteiger partial charge in [0.1, 0.15) is 5.75 Å². The Balaban J connectivity index is 1.34. The van der Waals surface area contributed by atoms with Crippen molar-refractivity contribution in [1.82, 2.24) is 10.6 Å². The van der Waals surface area contributed by atoms with E-state index in [-0.39, 0.29) is 6.04 Å². The van der Waals surface area contributed by atoms with E-state index in [1.807, 2.05) is 41.8 Å². The topological polar surface area (TPSA) is 70.7 Å². The lowest BCUT2D eigenvalue weighted by molar-refractivity contribution is -0.139. The van der Waals surface area contributed by atoms with Crippen LogP contribution >= 0.6 is 11.3 Å². The van der Waals surface area contributed by atoms with Gasteiger partial charge in [0, 0.05) is 30.2 Å². The largest absolute Gasteiger partial charge is 0.496 e. The zero-order chi connectivity index (χ0) is 22.3. The summed E-state index contributed by atoms with van der Waals surface area (Å²) >= 11 is 1.66. The summed E-state index contributed by atoms with van der Waals surface area (Å²) in [6, 6.07) is 20.1. The molecule has 2 N–H and O–H groups in total. The van der Waals surface area contributed by atoms with Gasteiger partial charge in [0.05, 0.1) is 13.2 Å². The Kier molecular flexibility index (Phi) is 7.07. The van der Waals surface area contributed by atoms with Gasteiger partial charge in [-0.25, -0.2) is 0 Å². The fraction of sp³-hybridized carbons (Fsp3) is 0.280. The van der Waals surface area contributed by atoms with Gasteiger partial charge in [-0.15, -0.1) is 11.3 Å². The molecule has 4 rings (SSSR count). The number of thiophene rings is 1. The van der Waals surface area contributed by atoms with Crippen LogP contribution < -0.4 is 20.3 Å². The molecule has 0 bridgehead atoms. The molecule has 0 saturated carbocycles. The van der Waals surface area contributed by atoms with Crippen molar-refractivity contribution in [1.29, 1.82) is 0 Å². The molecule has 1 aliphatic rings. The average molecular weight is 450 g/mol. The third-order valence-corrected chi connectivity index (χ3v) is 6.68. The predicted molar refractivity (Wildman–Crippen MR) is 127 cm³/mol. The van der Waals surface area contributed by atoms with Gasteiger partial charge >= 0.3 is 11.8 Å². The van der Waals surface area contributed by atoms with Crippen molar-refractivity contribution >= 4 is 28.8 Å². The van der Waals surface area contributed by atoms with Crippen LogP contribution in [0.4, 0.5) is 5.69 Å². The minimum absolute atomic E-state index is 0.0102. The van der Waals surface area contributed by atoms with Gasteiger partial charge in [0.2, 0.25) is 0 Å². The van der Waals surface area contributed by atoms with E-state index in [1.54, 1.807) is 18.4 Å². The molecule has 0 saturated heterocycles. The fourth-order valence-corrected chi connectivity index (χ4v) is 4.94. The second-order valence-corrected chi connectivity index (χ2v) is 8.61. The van der Waals surface area contributed by atoms with Gasteiger partial charge in [-0.3, -0.25) is 9.59 Å². The number of fused-ring (bicyclic) bond motifs is 1. The Morgan fingerprint density at radius 1 is 1.03 bits per heavy atom. The van der Waals surface area contributed by atoms with Crippen LogP contribution in [-0.4, -0.2) is 38.6 Å². The number of ether oxygens (including phenoxy) is 1. The number of amides is 2. The van der Waals surface area contributed by atoms with E-state index in [4.69, 9.17) is 4.74 Å². The Morgan fingerprint density at radius 3 is 2.62 bits per heavy atom. The molecular weight excluding hydrogens is 422 g/mol. The molecule has 1 atom stereocenters. The molecule has 166 valence electrons. The number of anilines is 1. The predicted octanol–water partition coefficient (Wildman–Crippen LogP) is 3.34. The number of para-hydroxylation sites is 2. The Labute approximate surface area is 192 Å². The van der Waals surface area contributed by atoms with Crippen LogP contribution in [0.3, 0.4) is 0 Å². The molecule has 7 heteroatoms. The molecular formula is C25H27N3O3S. The number of carbonyl (C=O) groups is 2. The van der Waals surface area contributed by atoms with Crippen molar-refractivity contribution in [3.63, 3.8) is 0 Å². The SMILES string of the molecule is COc1ccccc1CCNC(=O)C(=O)NC[C@@H](c1cccs1)N1CCc2ccccc21. The van der Waals surface area contributed by atoms with E-state index in [0.29, 0.717) is 19.5 Å². The molecule has 2 heterocycles. The van der Waals surface area contributed by atoms with Gasteiger partial charge in [0.15, 0.2) is 0 Å². The number of methoxy groups -OCH3 is 1. The fourth-order valence-electron chi connectivity index (χ4n) is 4.10. The van der Waals surface area contributed by atoms with Crippen LogP contribution in [0.15, 0.2) is 66.0 Å². The molecule has 1 aliphatic heterocycles. The lowest BCUT2D eigenvalue weighted by Gasteiger charge is -2.30. The summed E-state index contributed by atoms with van der Waals surface area (Å²) in [6.45, 7) is 1.62. The first kappa shape index (κ1) is 21.9. The maximum absolute atomic E-state index is 12.5. The summed E-state index contributed by atoms with van der Waals surface area (Å²) in [4.78, 5) is 28.3. The van der Waals surface area contributed by atoms with Gasteiger partial charge in [-0.05, 0) is 47.5 Å². The summed E-state index contributed by atoms with van der Waals surface area (Å²) < 4.78 is 5.33. The molecule has 32 heavy (non-hydrogen) atoms. The van der Waals surface area contributed by atoms with Crippen LogP contribution in [-0.2, 0) is 22.4 Å². The highest BCUT2D eigenvalue weighted by molar-refractivity contribution is 7.10. The van der Waals surface area contributed by atoms with Gasteiger partial charge in [-0.1, -0.05) is 42.5 Å². The molecule has 3 aromatic rings. The summed E-state index contributed by atoms with van der Waals surface area (Å²) in [5.74, 6) is -0.457. The number of nitrogens with one attached hydrogen (secondary N) is 2. The standard InChI is InChI=1S/C25H27N3O3S/c1-31-22-10-5-3-8-19(22)12-14-26-24(29)25(30)27-17-21(23-11-6-16-32-23)28-15-13-18-7-2-4-9-20(18)28/h2-11,16,21H,12-15,17H2,1H3,(H,26,29)(H,27,30)/t21-/m0/s1. The number of hydrogen-bond donors (Lipinski definition) is 2. The number of nitrogens with zero attached hydrogens (tertiary/aromatic N) is 1. The smallest absolute Gasteiger partial charge is 0.309 e. The van der Waals surface area contributed by atoms with Crippen molar-refractivity contribution in [3.8, 4) is 5.75 Å². The summed E-state index contributed by atoms with van der Waals surface area (Å²) in [5.41, 5.74) is 3.50. The molecule has 1 aromatic heterocycles. The molecule has 0 aliphatic carbocycles. The van der Waals surface area contributed by atoms with E-state index in [2.05, 4.69) is 39.8 Å². The number of benzene rings is 2. The third kappa shape index (κ3) is 4.94. The lowest BCUT2D eigenvalue weighted by Crippen LogP contribution is -2.44. The van der Waals surface area contributed by atoms with Crippen molar-refractivity contribution in [2.45, 2.75) is 18.9 Å². The van der Waals surface area contributed by atoms with Gasteiger partial charge < -0.3 is 20.3 Å². The second-order valence-electron chi connectivity index (χ2n) is 7.63. The van der Waals surface area contributed by atoms with Crippen LogP contribution in [0.2, 0.25) is 0 Å². The zero-order valence-corrected chi connectivity index (χ0v) is 18.9. The number of rotatable bonds is 8. The van der Waals surface area contributed by atoms with Crippen molar-refractivity contribution in [2.24, 2.45) is 0 Å². The number of carbonyl (C=O) groups excluding carboxylic acids is 2. The molecule has 2 aromatic carbocycles. The molecule has 6 nitrogen and oxygen atoms in total. The van der Waals surface area contributed by atoms with E-state index in [9.17, 15) is 9.59 Å².